The maximum absolute atomic E-state index is 12.5. The van der Waals surface area contributed by atoms with Gasteiger partial charge >= 0.3 is 11.7 Å². The van der Waals surface area contributed by atoms with Gasteiger partial charge in [0.1, 0.15) is 0 Å². The highest BCUT2D eigenvalue weighted by Gasteiger charge is 2.17. The fourth-order valence-electron chi connectivity index (χ4n) is 3.50. The molecule has 0 amide bonds. The van der Waals surface area contributed by atoms with Gasteiger partial charge in [-0.2, -0.15) is 0 Å². The number of nitrogens with zero attached hydrogens (tertiary/aromatic N) is 1. The first kappa shape index (κ1) is 18.4. The number of imidazole rings is 1. The Morgan fingerprint density at radius 2 is 1.83 bits per heavy atom. The molecule has 29 heavy (non-hydrogen) atoms. The van der Waals surface area contributed by atoms with Crippen molar-refractivity contribution >= 4 is 23.2 Å². The third kappa shape index (κ3) is 3.36. The lowest BCUT2D eigenvalue weighted by Gasteiger charge is -2.09. The second-order valence-electron chi connectivity index (χ2n) is 6.64. The van der Waals surface area contributed by atoms with Crippen molar-refractivity contribution in [3.8, 4) is 11.1 Å². The number of para-hydroxylation sites is 1. The van der Waals surface area contributed by atoms with Crippen LogP contribution in [-0.2, 0) is 11.3 Å². The van der Waals surface area contributed by atoms with E-state index >= 15 is 0 Å². The number of hydrogen-bond donors (Lipinski definition) is 2. The van der Waals surface area contributed by atoms with Gasteiger partial charge in [-0.15, -0.1) is 0 Å². The number of esters is 1. The number of H-pyrrole nitrogens is 1. The van der Waals surface area contributed by atoms with Gasteiger partial charge in [0.2, 0.25) is 0 Å². The summed E-state index contributed by atoms with van der Waals surface area (Å²) in [4.78, 5) is 27.4. The van der Waals surface area contributed by atoms with Gasteiger partial charge in [0.25, 0.3) is 0 Å². The van der Waals surface area contributed by atoms with Gasteiger partial charge in [0, 0.05) is 6.21 Å². The molecular formula is C23H19N3O3. The zero-order valence-corrected chi connectivity index (χ0v) is 15.8. The molecule has 0 unspecified atom stereocenters. The van der Waals surface area contributed by atoms with Crippen molar-refractivity contribution in [3.05, 3.63) is 93.9 Å². The number of ether oxygens (including phenoxy) is 1. The summed E-state index contributed by atoms with van der Waals surface area (Å²) in [6, 6.07) is 20.7. The van der Waals surface area contributed by atoms with E-state index in [1.54, 1.807) is 22.8 Å². The van der Waals surface area contributed by atoms with Gasteiger partial charge < -0.3 is 15.1 Å². The summed E-state index contributed by atoms with van der Waals surface area (Å²) in [6.45, 7) is 0.319. The molecule has 4 rings (SSSR count). The number of aromatic amines is 1. The van der Waals surface area contributed by atoms with E-state index in [4.69, 9.17) is 10.1 Å². The summed E-state index contributed by atoms with van der Waals surface area (Å²) < 4.78 is 6.40. The molecule has 3 aromatic carbocycles. The minimum Gasteiger partial charge on any atom is -0.465 e. The summed E-state index contributed by atoms with van der Waals surface area (Å²) in [7, 11) is 1.32. The second kappa shape index (κ2) is 7.59. The van der Waals surface area contributed by atoms with Crippen LogP contribution < -0.4 is 5.69 Å². The molecule has 0 fully saturated rings. The number of aromatic nitrogens is 2. The molecule has 1 heterocycles. The third-order valence-electron chi connectivity index (χ3n) is 4.92. The quantitative estimate of drug-likeness (QED) is 0.404. The number of fused-ring (bicyclic) bond motifs is 1. The van der Waals surface area contributed by atoms with Crippen molar-refractivity contribution in [1.29, 1.82) is 5.41 Å². The largest absolute Gasteiger partial charge is 0.465 e. The number of carbonyl (C=O) groups is 1. The topological polar surface area (TPSA) is 87.9 Å². The van der Waals surface area contributed by atoms with Crippen molar-refractivity contribution in [2.24, 2.45) is 0 Å². The molecule has 144 valence electrons. The van der Waals surface area contributed by atoms with E-state index in [0.717, 1.165) is 22.3 Å². The second-order valence-corrected chi connectivity index (χ2v) is 6.64. The van der Waals surface area contributed by atoms with Crippen LogP contribution in [0, 0.1) is 5.41 Å². The average molecular weight is 385 g/mol. The highest BCUT2D eigenvalue weighted by molar-refractivity contribution is 6.02. The standard InChI is InChI=1S/C23H19N3O3/c1-29-22(27)19-7-4-8-20-21(19)26(23(28)25-20)14-15-9-11-16(12-10-15)18-6-3-2-5-17(18)13-24/h2-13,24H,14H2,1H3,(H,25,28). The maximum atomic E-state index is 12.5. The third-order valence-corrected chi connectivity index (χ3v) is 4.92. The Bertz CT molecular complexity index is 1270. The predicted molar refractivity (Wildman–Crippen MR) is 113 cm³/mol. The van der Waals surface area contributed by atoms with E-state index in [2.05, 4.69) is 4.98 Å². The number of hydrogen-bond acceptors (Lipinski definition) is 4. The highest BCUT2D eigenvalue weighted by atomic mass is 16.5. The van der Waals surface area contributed by atoms with Crippen LogP contribution in [0.25, 0.3) is 22.2 Å². The van der Waals surface area contributed by atoms with Crippen molar-refractivity contribution in [2.75, 3.05) is 7.11 Å². The van der Waals surface area contributed by atoms with E-state index in [1.165, 1.54) is 13.3 Å². The molecule has 6 nitrogen and oxygen atoms in total. The van der Waals surface area contributed by atoms with Crippen LogP contribution in [0.4, 0.5) is 0 Å². The molecule has 0 radical (unpaired) electrons. The molecule has 1 aromatic heterocycles. The van der Waals surface area contributed by atoms with E-state index < -0.39 is 5.97 Å². The van der Waals surface area contributed by atoms with Crippen molar-refractivity contribution in [1.82, 2.24) is 9.55 Å². The van der Waals surface area contributed by atoms with E-state index in [-0.39, 0.29) is 5.69 Å². The molecule has 4 aromatic rings. The van der Waals surface area contributed by atoms with Crippen LogP contribution in [0.2, 0.25) is 0 Å². The summed E-state index contributed by atoms with van der Waals surface area (Å²) in [5.74, 6) is -0.484. The smallest absolute Gasteiger partial charge is 0.340 e. The van der Waals surface area contributed by atoms with Crippen molar-refractivity contribution in [2.45, 2.75) is 6.54 Å². The van der Waals surface area contributed by atoms with Gasteiger partial charge in [0.15, 0.2) is 0 Å². The number of benzene rings is 3. The minimum atomic E-state index is -0.484. The average Bonchev–Trinajstić information content (AvgIpc) is 3.08. The van der Waals surface area contributed by atoms with E-state index in [1.807, 2.05) is 48.5 Å². The fraction of sp³-hybridized carbons (Fsp3) is 0.0870. The van der Waals surface area contributed by atoms with Gasteiger partial charge in [-0.1, -0.05) is 54.6 Å². The molecule has 0 bridgehead atoms. The SMILES string of the molecule is COC(=O)c1cccc2[nH]c(=O)n(Cc3ccc(-c4ccccc4C=N)cc3)c12. The molecule has 0 saturated carbocycles. The zero-order chi connectivity index (χ0) is 20.4. The van der Waals surface area contributed by atoms with Crippen LogP contribution in [0.3, 0.4) is 0 Å². The molecular weight excluding hydrogens is 366 g/mol. The highest BCUT2D eigenvalue weighted by Crippen LogP contribution is 2.24. The minimum absolute atomic E-state index is 0.283. The van der Waals surface area contributed by atoms with Crippen molar-refractivity contribution in [3.63, 3.8) is 0 Å². The molecule has 0 aliphatic carbocycles. The Morgan fingerprint density at radius 1 is 1.07 bits per heavy atom. The number of rotatable bonds is 5. The molecule has 2 N–H and O–H groups in total. The lowest BCUT2D eigenvalue weighted by molar-refractivity contribution is 0.0602. The monoisotopic (exact) mass is 385 g/mol. The molecule has 0 spiro atoms. The summed E-state index contributed by atoms with van der Waals surface area (Å²) >= 11 is 0. The van der Waals surface area contributed by atoms with Crippen LogP contribution in [0.5, 0.6) is 0 Å². The summed E-state index contributed by atoms with van der Waals surface area (Å²) in [5, 5.41) is 7.57. The number of methoxy groups -OCH3 is 1. The van der Waals surface area contributed by atoms with Crippen LogP contribution in [0.15, 0.2) is 71.5 Å². The Morgan fingerprint density at radius 3 is 2.55 bits per heavy atom. The van der Waals surface area contributed by atoms with Crippen LogP contribution in [0.1, 0.15) is 21.5 Å². The van der Waals surface area contributed by atoms with Crippen molar-refractivity contribution < 1.29 is 9.53 Å². The molecule has 6 heteroatoms. The van der Waals surface area contributed by atoms with E-state index in [9.17, 15) is 9.59 Å². The number of carbonyl (C=O) groups excluding carboxylic acids is 1. The first-order chi connectivity index (χ1) is 14.1. The van der Waals surface area contributed by atoms with Gasteiger partial charge in [-0.3, -0.25) is 4.57 Å². The molecule has 0 atom stereocenters. The zero-order valence-electron chi connectivity index (χ0n) is 15.8. The lowest BCUT2D eigenvalue weighted by Crippen LogP contribution is -2.18. The van der Waals surface area contributed by atoms with Crippen LogP contribution >= 0.6 is 0 Å². The van der Waals surface area contributed by atoms with Gasteiger partial charge in [-0.05, 0) is 34.4 Å². The van der Waals surface area contributed by atoms with Crippen LogP contribution in [-0.4, -0.2) is 28.8 Å². The summed E-state index contributed by atoms with van der Waals surface area (Å²) in [5.41, 5.74) is 4.92. The number of nitrogens with one attached hydrogen (secondary N) is 2. The van der Waals surface area contributed by atoms with Gasteiger partial charge in [0.05, 0.1) is 30.3 Å². The Kier molecular flexibility index (Phi) is 4.83. The molecule has 0 saturated heterocycles. The lowest BCUT2D eigenvalue weighted by atomic mass is 9.99. The summed E-state index contributed by atoms with van der Waals surface area (Å²) in [6.07, 6.45) is 1.34. The first-order valence-electron chi connectivity index (χ1n) is 9.11. The van der Waals surface area contributed by atoms with Gasteiger partial charge in [-0.25, -0.2) is 9.59 Å². The maximum Gasteiger partial charge on any atom is 0.340 e. The molecule has 0 aliphatic rings. The van der Waals surface area contributed by atoms with E-state index in [0.29, 0.717) is 23.1 Å². The normalized spacial score (nSPS) is 10.8. The Labute approximate surface area is 166 Å². The first-order valence-corrected chi connectivity index (χ1v) is 9.11. The predicted octanol–water partition coefficient (Wildman–Crippen LogP) is 3.83. The Hall–Kier alpha value is -3.93. The Balaban J connectivity index is 1.73. The molecule has 0 aliphatic heterocycles. The fourth-order valence-corrected chi connectivity index (χ4v) is 3.50.